The van der Waals surface area contributed by atoms with E-state index in [9.17, 15) is 4.79 Å². The van der Waals surface area contributed by atoms with Gasteiger partial charge in [-0.2, -0.15) is 0 Å². The van der Waals surface area contributed by atoms with Gasteiger partial charge in [-0.1, -0.05) is 61.2 Å². The normalized spacial score (nSPS) is 22.5. The van der Waals surface area contributed by atoms with Crippen LogP contribution in [-0.4, -0.2) is 11.0 Å². The Morgan fingerprint density at radius 3 is 2.57 bits per heavy atom. The lowest BCUT2D eigenvalue weighted by molar-refractivity contribution is -0.143. The van der Waals surface area contributed by atoms with Crippen molar-refractivity contribution in [2.24, 2.45) is 0 Å². The first-order valence-corrected chi connectivity index (χ1v) is 7.42. The fraction of sp³-hybridized carbons (Fsp3) is 0.100. The van der Waals surface area contributed by atoms with Crippen molar-refractivity contribution in [2.75, 3.05) is 0 Å². The monoisotopic (exact) mass is 303 g/mol. The summed E-state index contributed by atoms with van der Waals surface area (Å²) in [5.74, 6) is -0.522. The number of pyridine rings is 1. The van der Waals surface area contributed by atoms with Gasteiger partial charge in [0.15, 0.2) is 0 Å². The van der Waals surface area contributed by atoms with Crippen molar-refractivity contribution in [1.29, 1.82) is 0 Å². The molecule has 114 valence electrons. The Morgan fingerprint density at radius 2 is 1.87 bits per heavy atom. The van der Waals surface area contributed by atoms with E-state index in [2.05, 4.69) is 11.6 Å². The van der Waals surface area contributed by atoms with E-state index in [0.717, 1.165) is 11.1 Å². The third-order valence-electron chi connectivity index (χ3n) is 4.11. The van der Waals surface area contributed by atoms with Crippen LogP contribution in [0.3, 0.4) is 0 Å². The van der Waals surface area contributed by atoms with E-state index in [4.69, 9.17) is 4.74 Å². The van der Waals surface area contributed by atoms with Crippen molar-refractivity contribution < 1.29 is 9.53 Å². The molecule has 3 nitrogen and oxygen atoms in total. The highest BCUT2D eigenvalue weighted by molar-refractivity contribution is 5.89. The first-order chi connectivity index (χ1) is 11.3. The van der Waals surface area contributed by atoms with Crippen molar-refractivity contribution in [3.8, 4) is 0 Å². The molecule has 0 fully saturated rings. The smallest absolute Gasteiger partial charge is 0.326 e. The lowest BCUT2D eigenvalue weighted by Crippen LogP contribution is -2.41. The number of benzene rings is 1. The molecular formula is C20H17NO2. The summed E-state index contributed by atoms with van der Waals surface area (Å²) in [6, 6.07) is 13.5. The maximum Gasteiger partial charge on any atom is 0.326 e. The van der Waals surface area contributed by atoms with Gasteiger partial charge in [0.1, 0.15) is 5.41 Å². The maximum absolute atomic E-state index is 12.9. The number of rotatable bonds is 4. The second kappa shape index (κ2) is 6.44. The van der Waals surface area contributed by atoms with Crippen LogP contribution in [0, 0.1) is 0 Å². The number of nitrogens with zero attached hydrogens (tertiary/aromatic N) is 1. The lowest BCUT2D eigenvalue weighted by Gasteiger charge is -2.36. The number of ether oxygens (including phenoxy) is 1. The molecule has 23 heavy (non-hydrogen) atoms. The van der Waals surface area contributed by atoms with Crippen LogP contribution in [0.2, 0.25) is 0 Å². The molecule has 0 N–H and O–H groups in total. The number of hydrogen-bond donors (Lipinski definition) is 0. The van der Waals surface area contributed by atoms with E-state index < -0.39 is 5.41 Å². The molecule has 3 rings (SSSR count). The van der Waals surface area contributed by atoms with Gasteiger partial charge < -0.3 is 4.74 Å². The maximum atomic E-state index is 12.9. The van der Waals surface area contributed by atoms with E-state index in [1.165, 1.54) is 6.26 Å². The van der Waals surface area contributed by atoms with Gasteiger partial charge >= 0.3 is 5.97 Å². The zero-order valence-electron chi connectivity index (χ0n) is 12.6. The predicted molar refractivity (Wildman–Crippen MR) is 89.7 cm³/mol. The Balaban J connectivity index is 2.20. The molecule has 1 aliphatic carbocycles. The Bertz CT molecular complexity index is 750. The zero-order valence-corrected chi connectivity index (χ0v) is 12.6. The zero-order chi connectivity index (χ0) is 16.1. The fourth-order valence-corrected chi connectivity index (χ4v) is 3.06. The van der Waals surface area contributed by atoms with Crippen molar-refractivity contribution >= 4 is 5.97 Å². The number of aromatic nitrogens is 1. The first-order valence-electron chi connectivity index (χ1n) is 7.42. The van der Waals surface area contributed by atoms with Gasteiger partial charge in [-0.05, 0) is 23.3 Å². The number of allylic oxidation sites excluding steroid dienone is 3. The molecule has 0 saturated heterocycles. The van der Waals surface area contributed by atoms with E-state index in [1.54, 1.807) is 12.4 Å². The molecule has 1 aliphatic rings. The predicted octanol–water partition coefficient (Wildman–Crippen LogP) is 3.92. The highest BCUT2D eigenvalue weighted by Crippen LogP contribution is 2.44. The van der Waals surface area contributed by atoms with Gasteiger partial charge in [-0.3, -0.25) is 9.78 Å². The Labute approximate surface area is 135 Å². The highest BCUT2D eigenvalue weighted by atomic mass is 16.5. The Morgan fingerprint density at radius 1 is 1.13 bits per heavy atom. The highest BCUT2D eigenvalue weighted by Gasteiger charge is 2.47. The quantitative estimate of drug-likeness (QED) is 0.635. The number of hydrogen-bond acceptors (Lipinski definition) is 3. The van der Waals surface area contributed by atoms with E-state index in [0.29, 0.717) is 0 Å². The molecule has 2 atom stereocenters. The molecule has 0 saturated carbocycles. The first kappa shape index (κ1) is 15.0. The van der Waals surface area contributed by atoms with Crippen molar-refractivity contribution in [3.63, 3.8) is 0 Å². The topological polar surface area (TPSA) is 39.2 Å². The van der Waals surface area contributed by atoms with Crippen LogP contribution in [0.15, 0.2) is 92.0 Å². The summed E-state index contributed by atoms with van der Waals surface area (Å²) in [6.07, 6.45) is 12.4. The van der Waals surface area contributed by atoms with E-state index in [-0.39, 0.29) is 11.9 Å². The minimum atomic E-state index is -0.925. The van der Waals surface area contributed by atoms with Gasteiger partial charge in [0.2, 0.25) is 0 Å². The summed E-state index contributed by atoms with van der Waals surface area (Å²) in [5, 5.41) is 0. The van der Waals surface area contributed by atoms with Crippen molar-refractivity contribution in [3.05, 3.63) is 103 Å². The molecule has 0 amide bonds. The molecule has 0 bridgehead atoms. The fourth-order valence-electron chi connectivity index (χ4n) is 3.06. The van der Waals surface area contributed by atoms with Crippen LogP contribution in [-0.2, 0) is 14.9 Å². The molecule has 0 radical (unpaired) electrons. The minimum Gasteiger partial charge on any atom is -0.434 e. The Hall–Kier alpha value is -2.94. The van der Waals surface area contributed by atoms with Gasteiger partial charge in [0, 0.05) is 18.3 Å². The van der Waals surface area contributed by atoms with Crippen molar-refractivity contribution in [1.82, 2.24) is 4.98 Å². The largest absolute Gasteiger partial charge is 0.434 e. The molecule has 3 heteroatoms. The number of esters is 1. The van der Waals surface area contributed by atoms with Crippen LogP contribution in [0.4, 0.5) is 0 Å². The summed E-state index contributed by atoms with van der Waals surface area (Å²) in [4.78, 5) is 17.0. The van der Waals surface area contributed by atoms with Crippen LogP contribution in [0.5, 0.6) is 0 Å². The number of carbonyl (C=O) groups excluding carboxylic acids is 1. The Kier molecular flexibility index (Phi) is 4.20. The molecule has 1 aromatic heterocycles. The van der Waals surface area contributed by atoms with Crippen molar-refractivity contribution in [2.45, 2.75) is 11.3 Å². The van der Waals surface area contributed by atoms with Crippen LogP contribution < -0.4 is 0 Å². The second-order valence-corrected chi connectivity index (χ2v) is 5.31. The second-order valence-electron chi connectivity index (χ2n) is 5.31. The minimum absolute atomic E-state index is 0.176. The van der Waals surface area contributed by atoms with E-state index in [1.807, 2.05) is 66.8 Å². The van der Waals surface area contributed by atoms with E-state index >= 15 is 0 Å². The van der Waals surface area contributed by atoms with Gasteiger partial charge in [0.05, 0.1) is 6.26 Å². The molecule has 0 spiro atoms. The third-order valence-corrected chi connectivity index (χ3v) is 4.11. The average Bonchev–Trinajstić information content (AvgIpc) is 2.63. The molecular weight excluding hydrogens is 286 g/mol. The molecule has 2 unspecified atom stereocenters. The molecule has 1 heterocycles. The lowest BCUT2D eigenvalue weighted by atomic mass is 9.65. The molecule has 0 aliphatic heterocycles. The average molecular weight is 303 g/mol. The van der Waals surface area contributed by atoms with Crippen LogP contribution >= 0.6 is 0 Å². The summed E-state index contributed by atoms with van der Waals surface area (Å²) >= 11 is 0. The summed E-state index contributed by atoms with van der Waals surface area (Å²) in [6.45, 7) is 3.52. The molecule has 1 aromatic carbocycles. The van der Waals surface area contributed by atoms with Gasteiger partial charge in [-0.25, -0.2) is 0 Å². The number of carbonyl (C=O) groups is 1. The van der Waals surface area contributed by atoms with Gasteiger partial charge in [-0.15, -0.1) is 0 Å². The summed E-state index contributed by atoms with van der Waals surface area (Å²) < 4.78 is 5.22. The van der Waals surface area contributed by atoms with Crippen LogP contribution in [0.1, 0.15) is 17.0 Å². The van der Waals surface area contributed by atoms with Gasteiger partial charge in [0.25, 0.3) is 0 Å². The van der Waals surface area contributed by atoms with Crippen LogP contribution in [0.25, 0.3) is 0 Å². The summed E-state index contributed by atoms with van der Waals surface area (Å²) in [5.41, 5.74) is 0.964. The third kappa shape index (κ3) is 2.61. The molecule has 2 aromatic rings. The summed E-state index contributed by atoms with van der Waals surface area (Å²) in [7, 11) is 0. The SMILES string of the molecule is C=COC(=O)C1(c2ccccc2)C=CC=CC1c1ccncc1. The standard InChI is InChI=1S/C20H17NO2/c1-2-23-19(22)20(17-8-4-3-5-9-17)13-7-6-10-18(20)16-11-14-21-15-12-16/h2-15,18H,1H2.